The van der Waals surface area contributed by atoms with Gasteiger partial charge in [-0.15, -0.1) is 11.8 Å². The molecule has 1 heterocycles. The van der Waals surface area contributed by atoms with Crippen molar-refractivity contribution in [1.82, 2.24) is 5.32 Å². The zero-order valence-corrected chi connectivity index (χ0v) is 10.3. The Hall–Kier alpha value is -0.610. The van der Waals surface area contributed by atoms with Crippen molar-refractivity contribution < 1.29 is 8.78 Å². The van der Waals surface area contributed by atoms with Crippen LogP contribution in [0.25, 0.3) is 0 Å². The highest BCUT2D eigenvalue weighted by Crippen LogP contribution is 2.38. The fourth-order valence-corrected chi connectivity index (χ4v) is 3.40. The predicted octanol–water partition coefficient (Wildman–Crippen LogP) is 3.64. The Balaban J connectivity index is 1.97. The first-order valence-corrected chi connectivity index (χ1v) is 7.10. The minimum Gasteiger partial charge on any atom is -0.307 e. The third-order valence-electron chi connectivity index (χ3n) is 3.31. The van der Waals surface area contributed by atoms with Crippen LogP contribution in [-0.2, 0) is 0 Å². The molecule has 0 amide bonds. The van der Waals surface area contributed by atoms with Gasteiger partial charge in [0.05, 0.1) is 0 Å². The second-order valence-corrected chi connectivity index (χ2v) is 5.90. The molecule has 1 fully saturated rings. The Morgan fingerprint density at radius 3 is 2.76 bits per heavy atom. The largest absolute Gasteiger partial charge is 0.307 e. The number of fused-ring (bicyclic) bond motifs is 1. The van der Waals surface area contributed by atoms with Crippen molar-refractivity contribution in [3.8, 4) is 0 Å². The topological polar surface area (TPSA) is 12.0 Å². The molecule has 1 unspecified atom stereocenters. The summed E-state index contributed by atoms with van der Waals surface area (Å²) in [6.45, 7) is 0. The molecule has 1 aromatic carbocycles. The van der Waals surface area contributed by atoms with Crippen LogP contribution in [0.15, 0.2) is 17.0 Å². The standard InChI is InChI=1S/C13H15F2NS/c14-8-6-10-12(16-9-3-4-9)2-1-5-17-13(10)11(15)7-8/h6-7,9,12,16H,1-5H2. The van der Waals surface area contributed by atoms with Gasteiger partial charge >= 0.3 is 0 Å². The van der Waals surface area contributed by atoms with Crippen LogP contribution >= 0.6 is 11.8 Å². The predicted molar refractivity (Wildman–Crippen MR) is 65.2 cm³/mol. The molecule has 1 aromatic rings. The summed E-state index contributed by atoms with van der Waals surface area (Å²) in [5.41, 5.74) is 0.817. The molecule has 1 aliphatic carbocycles. The summed E-state index contributed by atoms with van der Waals surface area (Å²) in [5.74, 6) is 0.0409. The molecule has 0 bridgehead atoms. The van der Waals surface area contributed by atoms with Crippen LogP contribution in [0.1, 0.15) is 37.3 Å². The minimum absolute atomic E-state index is 0.123. The first kappa shape index (κ1) is 11.5. The van der Waals surface area contributed by atoms with E-state index in [-0.39, 0.29) is 6.04 Å². The van der Waals surface area contributed by atoms with Gasteiger partial charge in [-0.3, -0.25) is 0 Å². The summed E-state index contributed by atoms with van der Waals surface area (Å²) in [6.07, 6.45) is 4.40. The van der Waals surface area contributed by atoms with E-state index < -0.39 is 11.6 Å². The average molecular weight is 255 g/mol. The highest BCUT2D eigenvalue weighted by atomic mass is 32.2. The van der Waals surface area contributed by atoms with Crippen LogP contribution in [-0.4, -0.2) is 11.8 Å². The summed E-state index contributed by atoms with van der Waals surface area (Å²) in [4.78, 5) is 0.641. The molecule has 1 nitrogen and oxygen atoms in total. The average Bonchev–Trinajstić information content (AvgIpc) is 3.08. The van der Waals surface area contributed by atoms with Gasteiger partial charge in [-0.1, -0.05) is 0 Å². The van der Waals surface area contributed by atoms with Gasteiger partial charge in [0, 0.05) is 23.0 Å². The van der Waals surface area contributed by atoms with E-state index in [0.717, 1.165) is 30.2 Å². The van der Waals surface area contributed by atoms with Gasteiger partial charge in [0.1, 0.15) is 11.6 Å². The van der Waals surface area contributed by atoms with Crippen molar-refractivity contribution in [2.75, 3.05) is 5.75 Å². The zero-order chi connectivity index (χ0) is 11.8. The van der Waals surface area contributed by atoms with Gasteiger partial charge in [0.25, 0.3) is 0 Å². The number of halogens is 2. The Morgan fingerprint density at radius 2 is 2.00 bits per heavy atom. The SMILES string of the molecule is Fc1cc(F)c2c(c1)C(NC1CC1)CCCS2. The lowest BCUT2D eigenvalue weighted by Gasteiger charge is -2.19. The maximum Gasteiger partial charge on any atom is 0.140 e. The highest BCUT2D eigenvalue weighted by molar-refractivity contribution is 7.99. The number of hydrogen-bond donors (Lipinski definition) is 1. The van der Waals surface area contributed by atoms with Crippen LogP contribution < -0.4 is 5.32 Å². The molecule has 3 rings (SSSR count). The third-order valence-corrected chi connectivity index (χ3v) is 4.52. The van der Waals surface area contributed by atoms with Crippen LogP contribution in [0.2, 0.25) is 0 Å². The van der Waals surface area contributed by atoms with Gasteiger partial charge < -0.3 is 5.32 Å². The smallest absolute Gasteiger partial charge is 0.140 e. The monoisotopic (exact) mass is 255 g/mol. The van der Waals surface area contributed by atoms with E-state index in [1.807, 2.05) is 0 Å². The molecular weight excluding hydrogens is 240 g/mol. The van der Waals surface area contributed by atoms with Crippen LogP contribution in [0.3, 0.4) is 0 Å². The van der Waals surface area contributed by atoms with Crippen LogP contribution in [0.4, 0.5) is 8.78 Å². The Labute approximate surface area is 104 Å². The summed E-state index contributed by atoms with van der Waals surface area (Å²) in [7, 11) is 0. The van der Waals surface area contributed by atoms with Gasteiger partial charge in [-0.25, -0.2) is 8.78 Å². The number of thioether (sulfide) groups is 1. The van der Waals surface area contributed by atoms with Gasteiger partial charge in [-0.05, 0) is 43.1 Å². The maximum atomic E-state index is 13.8. The van der Waals surface area contributed by atoms with E-state index in [1.165, 1.54) is 30.7 Å². The quantitative estimate of drug-likeness (QED) is 0.865. The number of nitrogens with one attached hydrogen (secondary N) is 1. The molecule has 1 saturated carbocycles. The molecule has 0 radical (unpaired) electrons. The highest BCUT2D eigenvalue weighted by Gasteiger charge is 2.29. The Morgan fingerprint density at radius 1 is 1.18 bits per heavy atom. The molecule has 4 heteroatoms. The number of rotatable bonds is 2. The van der Waals surface area contributed by atoms with Gasteiger partial charge in [0.2, 0.25) is 0 Å². The van der Waals surface area contributed by atoms with E-state index in [0.29, 0.717) is 10.9 Å². The molecule has 92 valence electrons. The second kappa shape index (κ2) is 4.58. The van der Waals surface area contributed by atoms with E-state index in [9.17, 15) is 8.78 Å². The Kier molecular flexibility index (Phi) is 3.09. The normalized spacial score (nSPS) is 24.2. The minimum atomic E-state index is -0.466. The zero-order valence-electron chi connectivity index (χ0n) is 9.51. The fourth-order valence-electron chi connectivity index (χ4n) is 2.32. The van der Waals surface area contributed by atoms with Crippen molar-refractivity contribution in [3.63, 3.8) is 0 Å². The van der Waals surface area contributed by atoms with E-state index in [2.05, 4.69) is 5.32 Å². The first-order valence-electron chi connectivity index (χ1n) is 6.12. The van der Waals surface area contributed by atoms with E-state index in [4.69, 9.17) is 0 Å². The summed E-state index contributed by atoms with van der Waals surface area (Å²) in [5, 5.41) is 3.50. The fraction of sp³-hybridized carbons (Fsp3) is 0.538. The van der Waals surface area contributed by atoms with Crippen molar-refractivity contribution in [2.45, 2.75) is 42.7 Å². The lowest BCUT2D eigenvalue weighted by molar-refractivity contribution is 0.476. The third kappa shape index (κ3) is 2.47. The van der Waals surface area contributed by atoms with Gasteiger partial charge in [0.15, 0.2) is 0 Å². The lowest BCUT2D eigenvalue weighted by atomic mass is 10.0. The number of hydrogen-bond acceptors (Lipinski definition) is 2. The van der Waals surface area contributed by atoms with Crippen molar-refractivity contribution >= 4 is 11.8 Å². The van der Waals surface area contributed by atoms with Crippen molar-refractivity contribution in [2.24, 2.45) is 0 Å². The Bertz CT molecular complexity index is 432. The maximum absolute atomic E-state index is 13.8. The first-order chi connectivity index (χ1) is 8.24. The van der Waals surface area contributed by atoms with Crippen LogP contribution in [0.5, 0.6) is 0 Å². The second-order valence-electron chi connectivity index (χ2n) is 4.79. The number of benzene rings is 1. The molecule has 1 aliphatic heterocycles. The van der Waals surface area contributed by atoms with Crippen LogP contribution in [0, 0.1) is 11.6 Å². The molecule has 1 atom stereocenters. The van der Waals surface area contributed by atoms with E-state index in [1.54, 1.807) is 0 Å². The van der Waals surface area contributed by atoms with Crippen molar-refractivity contribution in [1.29, 1.82) is 0 Å². The lowest BCUT2D eigenvalue weighted by Crippen LogP contribution is -2.23. The summed E-state index contributed by atoms with van der Waals surface area (Å²) < 4.78 is 27.1. The molecule has 0 aromatic heterocycles. The van der Waals surface area contributed by atoms with E-state index >= 15 is 0 Å². The molecule has 17 heavy (non-hydrogen) atoms. The molecule has 2 aliphatic rings. The summed E-state index contributed by atoms with van der Waals surface area (Å²) >= 11 is 1.51. The van der Waals surface area contributed by atoms with Crippen molar-refractivity contribution in [3.05, 3.63) is 29.3 Å². The van der Waals surface area contributed by atoms with Gasteiger partial charge in [-0.2, -0.15) is 0 Å². The molecule has 0 spiro atoms. The molecule has 1 N–H and O–H groups in total. The molecule has 0 saturated heterocycles. The molecular formula is C13H15F2NS. The summed E-state index contributed by atoms with van der Waals surface area (Å²) in [6, 6.07) is 3.17.